The predicted octanol–water partition coefficient (Wildman–Crippen LogP) is 3.37. The zero-order valence-electron chi connectivity index (χ0n) is 8.74. The van der Waals surface area contributed by atoms with Gasteiger partial charge in [0.25, 0.3) is 0 Å². The van der Waals surface area contributed by atoms with Gasteiger partial charge >= 0.3 is 0 Å². The van der Waals surface area contributed by atoms with E-state index in [4.69, 9.17) is 4.74 Å². The van der Waals surface area contributed by atoms with E-state index in [-0.39, 0.29) is 3.42 Å². The summed E-state index contributed by atoms with van der Waals surface area (Å²) in [7, 11) is 1.63. The van der Waals surface area contributed by atoms with Crippen LogP contribution in [0.25, 0.3) is 10.2 Å². The summed E-state index contributed by atoms with van der Waals surface area (Å²) in [5.74, 6) is 0.656. The Hall–Kier alpha value is -0.430. The van der Waals surface area contributed by atoms with Crippen LogP contribution >= 0.6 is 33.9 Å². The predicted molar refractivity (Wildman–Crippen MR) is 71.0 cm³/mol. The van der Waals surface area contributed by atoms with E-state index < -0.39 is 0 Å². The highest BCUT2D eigenvalue weighted by atomic mass is 127. The van der Waals surface area contributed by atoms with Crippen LogP contribution in [0.4, 0.5) is 0 Å². The van der Waals surface area contributed by atoms with Crippen molar-refractivity contribution in [2.24, 2.45) is 0 Å². The Labute approximate surface area is 106 Å². The number of rotatable bonds is 2. The molecule has 2 aromatic rings. The molecule has 3 nitrogen and oxygen atoms in total. The van der Waals surface area contributed by atoms with Gasteiger partial charge in [-0.1, -0.05) is 22.6 Å². The SMILES string of the molecule is COc1ncnc2sc(C(C)(C)I)cc12. The summed E-state index contributed by atoms with van der Waals surface area (Å²) in [4.78, 5) is 10.6. The van der Waals surface area contributed by atoms with Crippen molar-refractivity contribution in [2.75, 3.05) is 7.11 Å². The minimum atomic E-state index is 0.119. The van der Waals surface area contributed by atoms with E-state index in [1.165, 1.54) is 4.88 Å². The highest BCUT2D eigenvalue weighted by molar-refractivity contribution is 14.1. The first-order valence-corrected chi connectivity index (χ1v) is 6.40. The van der Waals surface area contributed by atoms with Crippen molar-refractivity contribution in [1.29, 1.82) is 0 Å². The first-order chi connectivity index (χ1) is 7.02. The van der Waals surface area contributed by atoms with E-state index in [0.717, 1.165) is 10.2 Å². The lowest BCUT2D eigenvalue weighted by Gasteiger charge is -2.12. The molecule has 0 aliphatic carbocycles. The molecule has 0 unspecified atom stereocenters. The van der Waals surface area contributed by atoms with Crippen LogP contribution in [0.5, 0.6) is 5.88 Å². The van der Waals surface area contributed by atoms with Crippen LogP contribution in [0, 0.1) is 0 Å². The molecule has 2 heterocycles. The first kappa shape index (κ1) is 11.1. The van der Waals surface area contributed by atoms with Crippen molar-refractivity contribution in [1.82, 2.24) is 9.97 Å². The van der Waals surface area contributed by atoms with Gasteiger partial charge in [-0.05, 0) is 19.9 Å². The molecule has 5 heteroatoms. The minimum absolute atomic E-state index is 0.119. The summed E-state index contributed by atoms with van der Waals surface area (Å²) in [6, 6.07) is 2.12. The highest BCUT2D eigenvalue weighted by Gasteiger charge is 2.20. The van der Waals surface area contributed by atoms with Gasteiger partial charge in [-0.3, -0.25) is 0 Å². The Kier molecular flexibility index (Phi) is 2.85. The lowest BCUT2D eigenvalue weighted by Crippen LogP contribution is -2.02. The molecule has 0 aliphatic heterocycles. The number of methoxy groups -OCH3 is 1. The van der Waals surface area contributed by atoms with Gasteiger partial charge in [0.2, 0.25) is 5.88 Å². The van der Waals surface area contributed by atoms with Crippen molar-refractivity contribution >= 4 is 44.1 Å². The molecule has 0 radical (unpaired) electrons. The van der Waals surface area contributed by atoms with Gasteiger partial charge in [-0.2, -0.15) is 0 Å². The molecule has 0 saturated carbocycles. The third-order valence-corrected chi connectivity index (χ3v) is 4.39. The van der Waals surface area contributed by atoms with E-state index in [1.54, 1.807) is 24.8 Å². The summed E-state index contributed by atoms with van der Waals surface area (Å²) in [5.41, 5.74) is 0. The van der Waals surface area contributed by atoms with Crippen LogP contribution in [0.15, 0.2) is 12.4 Å². The quantitative estimate of drug-likeness (QED) is 0.624. The molecule has 0 bridgehead atoms. The maximum absolute atomic E-state index is 5.21. The van der Waals surface area contributed by atoms with Gasteiger partial charge in [-0.25, -0.2) is 9.97 Å². The summed E-state index contributed by atoms with van der Waals surface area (Å²) >= 11 is 4.12. The monoisotopic (exact) mass is 334 g/mol. The number of halogens is 1. The molecule has 15 heavy (non-hydrogen) atoms. The Morgan fingerprint density at radius 1 is 1.40 bits per heavy atom. The van der Waals surface area contributed by atoms with Gasteiger partial charge in [0.15, 0.2) is 0 Å². The van der Waals surface area contributed by atoms with E-state index in [1.807, 2.05) is 0 Å². The zero-order valence-corrected chi connectivity index (χ0v) is 11.7. The average molecular weight is 334 g/mol. The molecule has 0 atom stereocenters. The van der Waals surface area contributed by atoms with Crippen molar-refractivity contribution < 1.29 is 4.74 Å². The molecule has 0 saturated heterocycles. The number of fused-ring (bicyclic) bond motifs is 1. The molecule has 2 aromatic heterocycles. The van der Waals surface area contributed by atoms with Gasteiger partial charge < -0.3 is 4.74 Å². The van der Waals surface area contributed by atoms with Gasteiger partial charge in [-0.15, -0.1) is 11.3 Å². The minimum Gasteiger partial charge on any atom is -0.480 e. The number of thiophene rings is 1. The smallest absolute Gasteiger partial charge is 0.225 e. The normalized spacial score (nSPS) is 12.0. The van der Waals surface area contributed by atoms with Crippen molar-refractivity contribution in [3.8, 4) is 5.88 Å². The molecule has 0 aromatic carbocycles. The van der Waals surface area contributed by atoms with E-state index >= 15 is 0 Å². The standard InChI is InChI=1S/C10H11IN2OS/c1-10(2,11)7-4-6-8(14-3)12-5-13-9(6)15-7/h4-5H,1-3H3. The summed E-state index contributed by atoms with van der Waals surface area (Å²) in [6.45, 7) is 4.36. The largest absolute Gasteiger partial charge is 0.480 e. The third-order valence-electron chi connectivity index (χ3n) is 2.07. The summed E-state index contributed by atoms with van der Waals surface area (Å²) in [5, 5.41) is 1.00. The Bertz CT molecular complexity index is 490. The van der Waals surface area contributed by atoms with Crippen molar-refractivity contribution in [2.45, 2.75) is 17.3 Å². The van der Waals surface area contributed by atoms with Gasteiger partial charge in [0.05, 0.1) is 15.9 Å². The topological polar surface area (TPSA) is 35.0 Å². The van der Waals surface area contributed by atoms with Crippen LogP contribution in [0.1, 0.15) is 18.7 Å². The van der Waals surface area contributed by atoms with Crippen LogP contribution in [0.3, 0.4) is 0 Å². The number of hydrogen-bond acceptors (Lipinski definition) is 4. The highest BCUT2D eigenvalue weighted by Crippen LogP contribution is 2.39. The zero-order chi connectivity index (χ0) is 11.1. The van der Waals surface area contributed by atoms with E-state index in [0.29, 0.717) is 5.88 Å². The van der Waals surface area contributed by atoms with Crippen molar-refractivity contribution in [3.63, 3.8) is 0 Å². The number of aromatic nitrogens is 2. The van der Waals surface area contributed by atoms with Crippen LogP contribution in [-0.4, -0.2) is 17.1 Å². The van der Waals surface area contributed by atoms with Gasteiger partial charge in [0.1, 0.15) is 11.2 Å². The average Bonchev–Trinajstić information content (AvgIpc) is 2.59. The molecule has 0 amide bonds. The molecule has 2 rings (SSSR count). The van der Waals surface area contributed by atoms with Gasteiger partial charge in [0, 0.05) is 4.88 Å². The molecule has 80 valence electrons. The van der Waals surface area contributed by atoms with Crippen LogP contribution in [-0.2, 0) is 3.42 Å². The van der Waals surface area contributed by atoms with E-state index in [9.17, 15) is 0 Å². The Morgan fingerprint density at radius 2 is 2.13 bits per heavy atom. The second-order valence-electron chi connectivity index (χ2n) is 3.68. The number of alkyl halides is 1. The number of nitrogens with zero attached hydrogens (tertiary/aromatic N) is 2. The summed E-state index contributed by atoms with van der Waals surface area (Å²) < 4.78 is 5.33. The van der Waals surface area contributed by atoms with Crippen LogP contribution in [0.2, 0.25) is 0 Å². The first-order valence-electron chi connectivity index (χ1n) is 4.50. The molecule has 0 aliphatic rings. The van der Waals surface area contributed by atoms with Crippen LogP contribution < -0.4 is 4.74 Å². The Balaban J connectivity index is 2.65. The molecular formula is C10H11IN2OS. The fourth-order valence-corrected chi connectivity index (χ4v) is 2.76. The second kappa shape index (κ2) is 3.86. The fourth-order valence-electron chi connectivity index (χ4n) is 1.29. The maximum atomic E-state index is 5.21. The molecule has 0 spiro atoms. The third kappa shape index (κ3) is 2.08. The number of ether oxygens (including phenoxy) is 1. The van der Waals surface area contributed by atoms with Crippen molar-refractivity contribution in [3.05, 3.63) is 17.3 Å². The maximum Gasteiger partial charge on any atom is 0.225 e. The Morgan fingerprint density at radius 3 is 2.73 bits per heavy atom. The lowest BCUT2D eigenvalue weighted by atomic mass is 10.2. The van der Waals surface area contributed by atoms with E-state index in [2.05, 4.69) is 52.5 Å². The second-order valence-corrected chi connectivity index (χ2v) is 7.41. The molecular weight excluding hydrogens is 323 g/mol. The number of hydrogen-bond donors (Lipinski definition) is 0. The molecule has 0 N–H and O–H groups in total. The summed E-state index contributed by atoms with van der Waals surface area (Å²) in [6.07, 6.45) is 1.54. The fraction of sp³-hybridized carbons (Fsp3) is 0.400. The molecule has 0 fully saturated rings. The lowest BCUT2D eigenvalue weighted by molar-refractivity contribution is 0.402.